The molecule has 0 aliphatic rings. The highest BCUT2D eigenvalue weighted by Crippen LogP contribution is 2.22. The maximum absolute atomic E-state index is 10.7. The largest absolute Gasteiger partial charge is 0.483 e. The lowest BCUT2D eigenvalue weighted by Crippen LogP contribution is -2.12. The molecule has 0 unspecified atom stereocenters. The third-order valence-electron chi connectivity index (χ3n) is 2.11. The predicted octanol–water partition coefficient (Wildman–Crippen LogP) is 1.17. The molecule has 0 aromatic carbocycles. The molecule has 0 aliphatic carbocycles. The summed E-state index contributed by atoms with van der Waals surface area (Å²) in [7, 11) is 0. The number of nitrogens with zero attached hydrogens (tertiary/aromatic N) is 3. The van der Waals surface area contributed by atoms with Crippen LogP contribution in [0.5, 0.6) is 5.75 Å². The molecular formula is C11H15N3O6. The molecule has 1 aromatic rings. The highest BCUT2D eigenvalue weighted by molar-refractivity contribution is 5.38. The maximum atomic E-state index is 10.7. The maximum Gasteiger partial charge on any atom is 0.406 e. The lowest BCUT2D eigenvalue weighted by molar-refractivity contribution is -0.390. The highest BCUT2D eigenvalue weighted by Gasteiger charge is 2.14. The van der Waals surface area contributed by atoms with Crippen molar-refractivity contribution in [2.24, 2.45) is 5.18 Å². The SMILES string of the molecule is O=NCCOCCOCCOc1cccnc1[N+](=O)[O-]. The lowest BCUT2D eigenvalue weighted by atomic mass is 10.4. The Balaban J connectivity index is 2.12. The van der Waals surface area contributed by atoms with Crippen LogP contribution in [-0.2, 0) is 9.47 Å². The Labute approximate surface area is 115 Å². The van der Waals surface area contributed by atoms with Crippen LogP contribution in [0.1, 0.15) is 0 Å². The molecule has 9 nitrogen and oxygen atoms in total. The molecule has 0 N–H and O–H groups in total. The van der Waals surface area contributed by atoms with Gasteiger partial charge < -0.3 is 24.3 Å². The molecule has 110 valence electrons. The molecule has 0 saturated heterocycles. The Hall–Kier alpha value is -2.13. The van der Waals surface area contributed by atoms with Crippen molar-refractivity contribution in [3.63, 3.8) is 0 Å². The van der Waals surface area contributed by atoms with Crippen LogP contribution >= 0.6 is 0 Å². The van der Waals surface area contributed by atoms with E-state index in [-0.39, 0.29) is 37.9 Å². The fourth-order valence-corrected chi connectivity index (χ4v) is 1.27. The van der Waals surface area contributed by atoms with Crippen molar-refractivity contribution in [3.05, 3.63) is 33.4 Å². The smallest absolute Gasteiger partial charge is 0.406 e. The Morgan fingerprint density at radius 1 is 1.20 bits per heavy atom. The molecule has 1 heterocycles. The lowest BCUT2D eigenvalue weighted by Gasteiger charge is -2.07. The first-order valence-corrected chi connectivity index (χ1v) is 5.92. The summed E-state index contributed by atoms with van der Waals surface area (Å²) in [5.41, 5.74) is 0. The molecular weight excluding hydrogens is 270 g/mol. The van der Waals surface area contributed by atoms with Crippen LogP contribution < -0.4 is 4.74 Å². The van der Waals surface area contributed by atoms with Gasteiger partial charge in [0.15, 0.2) is 0 Å². The van der Waals surface area contributed by atoms with Gasteiger partial charge in [0.25, 0.3) is 0 Å². The fraction of sp³-hybridized carbons (Fsp3) is 0.545. The molecule has 9 heteroatoms. The van der Waals surface area contributed by atoms with Gasteiger partial charge in [-0.15, -0.1) is 0 Å². The molecule has 0 atom stereocenters. The average molecular weight is 285 g/mol. The van der Waals surface area contributed by atoms with E-state index in [0.717, 1.165) is 0 Å². The van der Waals surface area contributed by atoms with E-state index in [1.54, 1.807) is 6.07 Å². The van der Waals surface area contributed by atoms with Crippen molar-refractivity contribution in [2.75, 3.05) is 39.6 Å². The van der Waals surface area contributed by atoms with E-state index in [2.05, 4.69) is 10.2 Å². The molecule has 0 radical (unpaired) electrons. The number of ether oxygens (including phenoxy) is 3. The minimum atomic E-state index is -0.606. The van der Waals surface area contributed by atoms with Gasteiger partial charge in [-0.3, -0.25) is 0 Å². The predicted molar refractivity (Wildman–Crippen MR) is 68.7 cm³/mol. The van der Waals surface area contributed by atoms with Gasteiger partial charge in [0.1, 0.15) is 19.3 Å². The van der Waals surface area contributed by atoms with Gasteiger partial charge in [0.05, 0.1) is 26.4 Å². The van der Waals surface area contributed by atoms with Crippen LogP contribution in [0, 0.1) is 15.0 Å². The zero-order valence-corrected chi connectivity index (χ0v) is 10.8. The normalized spacial score (nSPS) is 10.2. The second-order valence-electron chi connectivity index (χ2n) is 3.51. The monoisotopic (exact) mass is 285 g/mol. The second kappa shape index (κ2) is 9.75. The summed E-state index contributed by atoms with van der Waals surface area (Å²) in [6.45, 7) is 1.52. The van der Waals surface area contributed by atoms with Gasteiger partial charge in [0.2, 0.25) is 5.75 Å². The van der Waals surface area contributed by atoms with Crippen LogP contribution in [0.2, 0.25) is 0 Å². The summed E-state index contributed by atoms with van der Waals surface area (Å²) in [5.74, 6) is -0.216. The van der Waals surface area contributed by atoms with Gasteiger partial charge in [-0.25, -0.2) is 0 Å². The summed E-state index contributed by atoms with van der Waals surface area (Å²) in [6, 6.07) is 3.03. The number of hydrogen-bond acceptors (Lipinski definition) is 8. The van der Waals surface area contributed by atoms with Crippen molar-refractivity contribution in [2.45, 2.75) is 0 Å². The molecule has 0 bridgehead atoms. The van der Waals surface area contributed by atoms with E-state index in [4.69, 9.17) is 14.2 Å². The van der Waals surface area contributed by atoms with Crippen LogP contribution in [-0.4, -0.2) is 49.5 Å². The zero-order valence-electron chi connectivity index (χ0n) is 10.8. The molecule has 1 aromatic heterocycles. The van der Waals surface area contributed by atoms with Gasteiger partial charge in [-0.1, -0.05) is 5.18 Å². The third kappa shape index (κ3) is 6.16. The van der Waals surface area contributed by atoms with E-state index in [0.29, 0.717) is 13.2 Å². The number of aromatic nitrogens is 1. The number of pyridine rings is 1. The molecule has 20 heavy (non-hydrogen) atoms. The fourth-order valence-electron chi connectivity index (χ4n) is 1.27. The van der Waals surface area contributed by atoms with E-state index >= 15 is 0 Å². The standard InChI is InChI=1S/C11H15N3O6/c15-13-4-5-18-6-7-19-8-9-20-10-2-1-3-12-11(10)14(16)17/h1-3H,4-9H2. The molecule has 0 aliphatic heterocycles. The van der Waals surface area contributed by atoms with Gasteiger partial charge >= 0.3 is 5.82 Å². The quantitative estimate of drug-likeness (QED) is 0.259. The van der Waals surface area contributed by atoms with Gasteiger partial charge in [-0.05, 0) is 22.0 Å². The Morgan fingerprint density at radius 3 is 2.60 bits per heavy atom. The minimum Gasteiger partial charge on any atom is -0.483 e. The minimum absolute atomic E-state index is 0.106. The first-order chi connectivity index (χ1) is 9.75. The van der Waals surface area contributed by atoms with Gasteiger partial charge in [0, 0.05) is 0 Å². The number of nitroso groups, excluding NO2 is 1. The summed E-state index contributed by atoms with van der Waals surface area (Å²) in [4.78, 5) is 23.4. The van der Waals surface area contributed by atoms with Crippen LogP contribution in [0.15, 0.2) is 23.5 Å². The van der Waals surface area contributed by atoms with Crippen LogP contribution in [0.25, 0.3) is 0 Å². The Bertz CT molecular complexity index is 428. The molecule has 0 spiro atoms. The highest BCUT2D eigenvalue weighted by atomic mass is 16.6. The first-order valence-electron chi connectivity index (χ1n) is 5.92. The summed E-state index contributed by atoms with van der Waals surface area (Å²) < 4.78 is 15.4. The van der Waals surface area contributed by atoms with E-state index in [9.17, 15) is 15.0 Å². The van der Waals surface area contributed by atoms with Crippen molar-refractivity contribution in [1.82, 2.24) is 4.98 Å². The van der Waals surface area contributed by atoms with E-state index in [1.165, 1.54) is 12.3 Å². The Kier molecular flexibility index (Phi) is 7.77. The number of nitro groups is 1. The summed E-state index contributed by atoms with van der Waals surface area (Å²) in [5, 5.41) is 13.3. The van der Waals surface area contributed by atoms with Crippen molar-refractivity contribution >= 4 is 5.82 Å². The molecule has 1 rings (SSSR count). The first kappa shape index (κ1) is 15.9. The molecule has 0 amide bonds. The zero-order chi connectivity index (χ0) is 14.6. The topological polar surface area (TPSA) is 113 Å². The molecule has 0 saturated carbocycles. The third-order valence-corrected chi connectivity index (χ3v) is 2.11. The second-order valence-corrected chi connectivity index (χ2v) is 3.51. The number of rotatable bonds is 11. The van der Waals surface area contributed by atoms with Crippen molar-refractivity contribution in [3.8, 4) is 5.75 Å². The van der Waals surface area contributed by atoms with Crippen molar-refractivity contribution in [1.29, 1.82) is 0 Å². The average Bonchev–Trinajstić information content (AvgIpc) is 2.46. The van der Waals surface area contributed by atoms with Crippen LogP contribution in [0.4, 0.5) is 5.82 Å². The van der Waals surface area contributed by atoms with Crippen molar-refractivity contribution < 1.29 is 19.1 Å². The van der Waals surface area contributed by atoms with E-state index < -0.39 is 4.92 Å². The summed E-state index contributed by atoms with van der Waals surface area (Å²) >= 11 is 0. The Morgan fingerprint density at radius 2 is 1.90 bits per heavy atom. The summed E-state index contributed by atoms with van der Waals surface area (Å²) in [6.07, 6.45) is 1.33. The van der Waals surface area contributed by atoms with Gasteiger partial charge in [-0.2, -0.15) is 4.91 Å². The number of hydrogen-bond donors (Lipinski definition) is 0. The van der Waals surface area contributed by atoms with Crippen LogP contribution in [0.3, 0.4) is 0 Å². The molecule has 0 fully saturated rings. The van der Waals surface area contributed by atoms with E-state index in [1.807, 2.05) is 0 Å².